The lowest BCUT2D eigenvalue weighted by Gasteiger charge is -2.32. The van der Waals surface area contributed by atoms with Gasteiger partial charge in [-0.3, -0.25) is 0 Å². The minimum atomic E-state index is 0.419. The van der Waals surface area contributed by atoms with Crippen molar-refractivity contribution in [3.63, 3.8) is 0 Å². The first-order valence-electron chi connectivity index (χ1n) is 7.07. The van der Waals surface area contributed by atoms with Gasteiger partial charge in [0.1, 0.15) is 11.9 Å². The number of rotatable bonds is 4. The summed E-state index contributed by atoms with van der Waals surface area (Å²) >= 11 is 3.56. The van der Waals surface area contributed by atoms with Crippen molar-refractivity contribution in [2.45, 2.75) is 57.4 Å². The lowest BCUT2D eigenvalue weighted by molar-refractivity contribution is 0.0889. The van der Waals surface area contributed by atoms with Gasteiger partial charge >= 0.3 is 0 Å². The first-order valence-corrected chi connectivity index (χ1v) is 8.19. The van der Waals surface area contributed by atoms with E-state index >= 15 is 0 Å². The van der Waals surface area contributed by atoms with E-state index in [1.807, 2.05) is 0 Å². The van der Waals surface area contributed by atoms with Crippen molar-refractivity contribution in [2.75, 3.05) is 0 Å². The topological polar surface area (TPSA) is 9.23 Å². The highest BCUT2D eigenvalue weighted by atomic mass is 79.9. The van der Waals surface area contributed by atoms with E-state index in [2.05, 4.69) is 48.0 Å². The Kier molecular flexibility index (Phi) is 5.11. The molecule has 1 aliphatic rings. The summed E-state index contributed by atoms with van der Waals surface area (Å²) in [7, 11) is 0. The molecule has 2 rings (SSSR count). The van der Waals surface area contributed by atoms with Crippen LogP contribution in [0, 0.1) is 12.8 Å². The van der Waals surface area contributed by atoms with Crippen molar-refractivity contribution >= 4 is 15.9 Å². The minimum absolute atomic E-state index is 0.419. The predicted octanol–water partition coefficient (Wildman–Crippen LogP) is 5.24. The normalized spacial score (nSPS) is 23.9. The molecule has 0 amide bonds. The molecule has 0 bridgehead atoms. The van der Waals surface area contributed by atoms with Crippen molar-refractivity contribution in [1.29, 1.82) is 0 Å². The highest BCUT2D eigenvalue weighted by Crippen LogP contribution is 2.33. The maximum absolute atomic E-state index is 6.38. The Morgan fingerprint density at radius 3 is 2.78 bits per heavy atom. The monoisotopic (exact) mass is 310 g/mol. The van der Waals surface area contributed by atoms with Crippen LogP contribution in [0.5, 0.6) is 5.75 Å². The van der Waals surface area contributed by atoms with Gasteiger partial charge in [0.2, 0.25) is 0 Å². The number of hydrogen-bond acceptors (Lipinski definition) is 1. The third-order valence-electron chi connectivity index (χ3n) is 4.07. The van der Waals surface area contributed by atoms with Crippen molar-refractivity contribution in [3.05, 3.63) is 29.3 Å². The minimum Gasteiger partial charge on any atom is -0.490 e. The van der Waals surface area contributed by atoms with Crippen molar-refractivity contribution in [1.82, 2.24) is 0 Å². The Bertz CT molecular complexity index is 389. The van der Waals surface area contributed by atoms with Gasteiger partial charge in [-0.05, 0) is 44.1 Å². The van der Waals surface area contributed by atoms with Crippen LogP contribution in [0.25, 0.3) is 0 Å². The molecule has 2 atom stereocenters. The van der Waals surface area contributed by atoms with Crippen LogP contribution >= 0.6 is 15.9 Å². The van der Waals surface area contributed by atoms with Crippen LogP contribution in [-0.2, 0) is 5.33 Å². The molecule has 1 aromatic carbocycles. The Morgan fingerprint density at radius 1 is 1.28 bits per heavy atom. The molecule has 0 radical (unpaired) electrons. The number of halogens is 1. The number of aryl methyl sites for hydroxylation is 1. The zero-order valence-corrected chi connectivity index (χ0v) is 13.0. The fourth-order valence-corrected chi connectivity index (χ4v) is 3.38. The summed E-state index contributed by atoms with van der Waals surface area (Å²) in [4.78, 5) is 0. The predicted molar refractivity (Wildman–Crippen MR) is 80.5 cm³/mol. The maximum Gasteiger partial charge on any atom is 0.126 e. The van der Waals surface area contributed by atoms with Gasteiger partial charge in [0.15, 0.2) is 0 Å². The lowest BCUT2D eigenvalue weighted by atomic mass is 9.84. The summed E-state index contributed by atoms with van der Waals surface area (Å²) in [5.41, 5.74) is 2.53. The SMILES string of the molecule is CCC1CCCCC1Oc1c(C)cccc1CBr. The highest BCUT2D eigenvalue weighted by Gasteiger charge is 2.26. The van der Waals surface area contributed by atoms with Crippen LogP contribution < -0.4 is 4.74 Å². The first kappa shape index (κ1) is 13.9. The zero-order valence-electron chi connectivity index (χ0n) is 11.4. The fraction of sp³-hybridized carbons (Fsp3) is 0.625. The quantitative estimate of drug-likeness (QED) is 0.691. The summed E-state index contributed by atoms with van der Waals surface area (Å²) in [5.74, 6) is 1.85. The molecule has 100 valence electrons. The van der Waals surface area contributed by atoms with Gasteiger partial charge in [0.25, 0.3) is 0 Å². The van der Waals surface area contributed by atoms with E-state index in [4.69, 9.17) is 4.74 Å². The second-order valence-corrected chi connectivity index (χ2v) is 5.87. The molecule has 0 aliphatic heterocycles. The molecule has 1 aliphatic carbocycles. The number of para-hydroxylation sites is 1. The van der Waals surface area contributed by atoms with Crippen LogP contribution in [0.3, 0.4) is 0 Å². The number of benzene rings is 1. The summed E-state index contributed by atoms with van der Waals surface area (Å²) < 4.78 is 6.38. The van der Waals surface area contributed by atoms with E-state index in [-0.39, 0.29) is 0 Å². The van der Waals surface area contributed by atoms with Crippen molar-refractivity contribution < 1.29 is 4.74 Å². The first-order chi connectivity index (χ1) is 8.76. The van der Waals surface area contributed by atoms with Gasteiger partial charge in [-0.15, -0.1) is 0 Å². The molecule has 0 heterocycles. The van der Waals surface area contributed by atoms with Crippen LogP contribution in [0.15, 0.2) is 18.2 Å². The summed E-state index contributed by atoms with van der Waals surface area (Å²) in [6.45, 7) is 4.43. The van der Waals surface area contributed by atoms with E-state index in [1.165, 1.54) is 43.2 Å². The molecule has 1 nitrogen and oxygen atoms in total. The van der Waals surface area contributed by atoms with E-state index in [9.17, 15) is 0 Å². The molecule has 0 N–H and O–H groups in total. The molecule has 0 spiro atoms. The van der Waals surface area contributed by atoms with Crippen molar-refractivity contribution in [3.8, 4) is 5.75 Å². The third-order valence-corrected chi connectivity index (χ3v) is 4.67. The fourth-order valence-electron chi connectivity index (χ4n) is 2.93. The smallest absolute Gasteiger partial charge is 0.126 e. The number of hydrogen-bond donors (Lipinski definition) is 0. The Balaban J connectivity index is 2.17. The molecular weight excluding hydrogens is 288 g/mol. The molecule has 1 saturated carbocycles. The van der Waals surface area contributed by atoms with Crippen molar-refractivity contribution in [2.24, 2.45) is 5.92 Å². The molecule has 1 fully saturated rings. The molecule has 2 unspecified atom stereocenters. The van der Waals surface area contributed by atoms with Gasteiger partial charge in [-0.2, -0.15) is 0 Å². The third kappa shape index (κ3) is 3.09. The van der Waals surface area contributed by atoms with Crippen LogP contribution in [0.1, 0.15) is 50.2 Å². The van der Waals surface area contributed by atoms with Gasteiger partial charge < -0.3 is 4.74 Å². The highest BCUT2D eigenvalue weighted by molar-refractivity contribution is 9.08. The number of ether oxygens (including phenoxy) is 1. The van der Waals surface area contributed by atoms with E-state index < -0.39 is 0 Å². The summed E-state index contributed by atoms with van der Waals surface area (Å²) in [5, 5.41) is 0.869. The van der Waals surface area contributed by atoms with Gasteiger partial charge in [0.05, 0.1) is 0 Å². The molecule has 0 saturated heterocycles. The molecule has 2 heteroatoms. The Hall–Kier alpha value is -0.500. The molecule has 0 aromatic heterocycles. The zero-order chi connectivity index (χ0) is 13.0. The standard InChI is InChI=1S/C16H23BrO/c1-3-13-8-4-5-10-15(13)18-16-12(2)7-6-9-14(16)11-17/h6-7,9,13,15H,3-5,8,10-11H2,1-2H3. The van der Waals surface area contributed by atoms with Gasteiger partial charge in [0, 0.05) is 10.9 Å². The van der Waals surface area contributed by atoms with Crippen LogP contribution in [0.4, 0.5) is 0 Å². The van der Waals surface area contributed by atoms with Crippen LogP contribution in [-0.4, -0.2) is 6.10 Å². The lowest BCUT2D eigenvalue weighted by Crippen LogP contribution is -2.30. The molecular formula is C16H23BrO. The Morgan fingerprint density at radius 2 is 2.06 bits per heavy atom. The Labute approximate surface area is 119 Å². The summed E-state index contributed by atoms with van der Waals surface area (Å²) in [6, 6.07) is 6.41. The van der Waals surface area contributed by atoms with Gasteiger partial charge in [-0.1, -0.05) is 47.5 Å². The van der Waals surface area contributed by atoms with E-state index in [1.54, 1.807) is 0 Å². The van der Waals surface area contributed by atoms with Crippen LogP contribution in [0.2, 0.25) is 0 Å². The average Bonchev–Trinajstić information content (AvgIpc) is 2.41. The molecule has 18 heavy (non-hydrogen) atoms. The van der Waals surface area contributed by atoms with E-state index in [0.717, 1.165) is 17.0 Å². The molecule has 1 aromatic rings. The number of alkyl halides is 1. The second kappa shape index (κ2) is 6.60. The summed E-state index contributed by atoms with van der Waals surface area (Å²) in [6.07, 6.45) is 6.89. The maximum atomic E-state index is 6.38. The van der Waals surface area contributed by atoms with Gasteiger partial charge in [-0.25, -0.2) is 0 Å². The van der Waals surface area contributed by atoms with E-state index in [0.29, 0.717) is 6.10 Å². The second-order valence-electron chi connectivity index (χ2n) is 5.31. The average molecular weight is 311 g/mol. The largest absolute Gasteiger partial charge is 0.490 e.